The molecule has 7 nitrogen and oxygen atoms in total. The molecular formula is C21H24N4O3. The van der Waals surface area contributed by atoms with Crippen molar-refractivity contribution in [1.29, 1.82) is 0 Å². The minimum atomic E-state index is -0.520. The third-order valence-corrected chi connectivity index (χ3v) is 4.25. The number of alkyl carbamates (subject to hydrolysis) is 1. The number of ether oxygens (including phenoxy) is 1. The summed E-state index contributed by atoms with van der Waals surface area (Å²) in [5.74, 6) is 0.537. The Balaban J connectivity index is 1.69. The number of para-hydroxylation sites is 2. The second-order valence-electron chi connectivity index (χ2n) is 6.35. The molecule has 1 heterocycles. The van der Waals surface area contributed by atoms with Crippen molar-refractivity contribution >= 4 is 23.0 Å². The third kappa shape index (κ3) is 5.33. The molecule has 0 aliphatic heterocycles. The van der Waals surface area contributed by atoms with E-state index in [9.17, 15) is 9.59 Å². The molecule has 28 heavy (non-hydrogen) atoms. The fourth-order valence-electron chi connectivity index (χ4n) is 2.93. The number of H-pyrrole nitrogens is 1. The van der Waals surface area contributed by atoms with Crippen molar-refractivity contribution in [2.75, 3.05) is 13.2 Å². The molecule has 0 radical (unpaired) electrons. The van der Waals surface area contributed by atoms with Gasteiger partial charge in [0.05, 0.1) is 23.7 Å². The summed E-state index contributed by atoms with van der Waals surface area (Å²) in [4.78, 5) is 31.7. The lowest BCUT2D eigenvalue weighted by Gasteiger charge is -2.17. The number of fused-ring (bicyclic) bond motifs is 1. The van der Waals surface area contributed by atoms with Crippen molar-refractivity contribution in [3.8, 4) is 0 Å². The zero-order valence-corrected chi connectivity index (χ0v) is 15.8. The first-order chi connectivity index (χ1) is 13.7. The quantitative estimate of drug-likeness (QED) is 0.559. The minimum absolute atomic E-state index is 0.157. The molecule has 0 saturated carbocycles. The molecule has 146 valence electrons. The normalized spacial score (nSPS) is 11.8. The average Bonchev–Trinajstić information content (AvgIpc) is 3.13. The van der Waals surface area contributed by atoms with Crippen LogP contribution in [0.2, 0.25) is 0 Å². The number of amides is 2. The van der Waals surface area contributed by atoms with Crippen LogP contribution in [0, 0.1) is 0 Å². The molecule has 0 aliphatic rings. The number of imidazole rings is 1. The molecule has 1 aromatic heterocycles. The van der Waals surface area contributed by atoms with Crippen molar-refractivity contribution in [2.45, 2.75) is 25.8 Å². The fourth-order valence-corrected chi connectivity index (χ4v) is 2.93. The van der Waals surface area contributed by atoms with Gasteiger partial charge in [-0.05, 0) is 31.0 Å². The first kappa shape index (κ1) is 19.4. The topological polar surface area (TPSA) is 96.1 Å². The van der Waals surface area contributed by atoms with Crippen LogP contribution < -0.4 is 10.6 Å². The first-order valence-corrected chi connectivity index (χ1v) is 9.34. The summed E-state index contributed by atoms with van der Waals surface area (Å²) in [7, 11) is 0. The second kappa shape index (κ2) is 9.55. The van der Waals surface area contributed by atoms with Gasteiger partial charge in [-0.1, -0.05) is 42.5 Å². The maximum absolute atomic E-state index is 12.4. The van der Waals surface area contributed by atoms with Crippen molar-refractivity contribution in [3.05, 3.63) is 66.0 Å². The Labute approximate surface area is 163 Å². The lowest BCUT2D eigenvalue weighted by atomic mass is 10.1. The minimum Gasteiger partial charge on any atom is -0.450 e. The van der Waals surface area contributed by atoms with Gasteiger partial charge in [0.15, 0.2) is 0 Å². The largest absolute Gasteiger partial charge is 0.450 e. The Morgan fingerprint density at radius 2 is 1.86 bits per heavy atom. The molecule has 0 saturated heterocycles. The maximum atomic E-state index is 12.4. The molecule has 3 N–H and O–H groups in total. The van der Waals surface area contributed by atoms with E-state index in [-0.39, 0.29) is 24.9 Å². The van der Waals surface area contributed by atoms with E-state index in [1.807, 2.05) is 54.6 Å². The SMILES string of the molecule is CCOC(=O)NCCC(=O)N[C@@H](Cc1ccccc1)c1nc2ccccc2[nH]1. The van der Waals surface area contributed by atoms with E-state index < -0.39 is 6.09 Å². The molecule has 0 bridgehead atoms. The van der Waals surface area contributed by atoms with Gasteiger partial charge >= 0.3 is 6.09 Å². The van der Waals surface area contributed by atoms with Crippen LogP contribution in [0.15, 0.2) is 54.6 Å². The van der Waals surface area contributed by atoms with E-state index in [1.54, 1.807) is 6.92 Å². The highest BCUT2D eigenvalue weighted by Crippen LogP contribution is 2.20. The number of hydrogen-bond donors (Lipinski definition) is 3. The molecule has 0 aliphatic carbocycles. The third-order valence-electron chi connectivity index (χ3n) is 4.25. The highest BCUT2D eigenvalue weighted by molar-refractivity contribution is 5.78. The van der Waals surface area contributed by atoms with Crippen LogP contribution in [0.1, 0.15) is 30.8 Å². The van der Waals surface area contributed by atoms with Crippen LogP contribution in [0.5, 0.6) is 0 Å². The van der Waals surface area contributed by atoms with Gasteiger partial charge in [0, 0.05) is 13.0 Å². The fraction of sp³-hybridized carbons (Fsp3) is 0.286. The van der Waals surface area contributed by atoms with Gasteiger partial charge in [0.1, 0.15) is 5.82 Å². The lowest BCUT2D eigenvalue weighted by molar-refractivity contribution is -0.121. The molecule has 1 atom stereocenters. The Hall–Kier alpha value is -3.35. The number of rotatable bonds is 8. The van der Waals surface area contributed by atoms with Gasteiger partial charge in [0.2, 0.25) is 5.91 Å². The number of benzene rings is 2. The summed E-state index contributed by atoms with van der Waals surface area (Å²) in [6, 6.07) is 17.4. The highest BCUT2D eigenvalue weighted by Gasteiger charge is 2.19. The number of carbonyl (C=O) groups is 2. The number of carbonyl (C=O) groups excluding carboxylic acids is 2. The van der Waals surface area contributed by atoms with Crippen molar-refractivity contribution in [3.63, 3.8) is 0 Å². The van der Waals surface area contributed by atoms with Gasteiger partial charge in [-0.3, -0.25) is 4.79 Å². The molecule has 3 aromatic rings. The van der Waals surface area contributed by atoms with E-state index in [0.717, 1.165) is 16.6 Å². The van der Waals surface area contributed by atoms with Crippen molar-refractivity contribution < 1.29 is 14.3 Å². The summed E-state index contributed by atoms with van der Waals surface area (Å²) in [5.41, 5.74) is 2.88. The molecular weight excluding hydrogens is 356 g/mol. The van der Waals surface area contributed by atoms with E-state index in [0.29, 0.717) is 18.9 Å². The van der Waals surface area contributed by atoms with Crippen LogP contribution in [-0.2, 0) is 16.0 Å². The second-order valence-corrected chi connectivity index (χ2v) is 6.35. The number of nitrogens with zero attached hydrogens (tertiary/aromatic N) is 1. The molecule has 7 heteroatoms. The summed E-state index contributed by atoms with van der Waals surface area (Å²) in [6.07, 6.45) is 0.246. The lowest BCUT2D eigenvalue weighted by Crippen LogP contribution is -2.34. The number of aromatic amines is 1. The predicted molar refractivity (Wildman–Crippen MR) is 107 cm³/mol. The molecule has 0 unspecified atom stereocenters. The standard InChI is InChI=1S/C21H24N4O3/c1-2-28-21(27)22-13-12-19(26)23-18(14-15-8-4-3-5-9-15)20-24-16-10-6-7-11-17(16)25-20/h3-11,18H,2,12-14H2,1H3,(H,22,27)(H,23,26)(H,24,25)/t18-/m0/s1. The van der Waals surface area contributed by atoms with Crippen LogP contribution in [0.3, 0.4) is 0 Å². The van der Waals surface area contributed by atoms with Crippen LogP contribution >= 0.6 is 0 Å². The Morgan fingerprint density at radius 1 is 1.11 bits per heavy atom. The number of aromatic nitrogens is 2. The van der Waals surface area contributed by atoms with Crippen molar-refractivity contribution in [2.24, 2.45) is 0 Å². The predicted octanol–water partition coefficient (Wildman–Crippen LogP) is 3.10. The molecule has 2 amide bonds. The number of nitrogens with one attached hydrogen (secondary N) is 3. The van der Waals surface area contributed by atoms with Crippen molar-refractivity contribution in [1.82, 2.24) is 20.6 Å². The van der Waals surface area contributed by atoms with E-state index in [1.165, 1.54) is 0 Å². The summed E-state index contributed by atoms with van der Waals surface area (Å²) < 4.78 is 4.79. The van der Waals surface area contributed by atoms with E-state index >= 15 is 0 Å². The molecule has 3 rings (SSSR count). The maximum Gasteiger partial charge on any atom is 0.407 e. The van der Waals surface area contributed by atoms with Gasteiger partial charge in [-0.2, -0.15) is 0 Å². The smallest absolute Gasteiger partial charge is 0.407 e. The van der Waals surface area contributed by atoms with Crippen LogP contribution in [0.25, 0.3) is 11.0 Å². The van der Waals surface area contributed by atoms with Crippen LogP contribution in [0.4, 0.5) is 4.79 Å². The monoisotopic (exact) mass is 380 g/mol. The van der Waals surface area contributed by atoms with E-state index in [4.69, 9.17) is 4.74 Å². The number of hydrogen-bond acceptors (Lipinski definition) is 4. The average molecular weight is 380 g/mol. The van der Waals surface area contributed by atoms with Gasteiger partial charge in [-0.25, -0.2) is 9.78 Å². The van der Waals surface area contributed by atoms with Gasteiger partial charge in [-0.15, -0.1) is 0 Å². The van der Waals surface area contributed by atoms with E-state index in [2.05, 4.69) is 20.6 Å². The zero-order chi connectivity index (χ0) is 19.8. The zero-order valence-electron chi connectivity index (χ0n) is 15.8. The Kier molecular flexibility index (Phi) is 6.62. The summed E-state index contributed by atoms with van der Waals surface area (Å²) >= 11 is 0. The molecule has 2 aromatic carbocycles. The molecule has 0 fully saturated rings. The molecule has 0 spiro atoms. The van der Waals surface area contributed by atoms with Gasteiger partial charge in [0.25, 0.3) is 0 Å². The highest BCUT2D eigenvalue weighted by atomic mass is 16.5. The first-order valence-electron chi connectivity index (χ1n) is 9.34. The summed E-state index contributed by atoms with van der Waals surface area (Å²) in [5, 5.41) is 5.58. The summed E-state index contributed by atoms with van der Waals surface area (Å²) in [6.45, 7) is 2.24. The Morgan fingerprint density at radius 3 is 2.61 bits per heavy atom. The van der Waals surface area contributed by atoms with Gasteiger partial charge < -0.3 is 20.4 Å². The van der Waals surface area contributed by atoms with Crippen LogP contribution in [-0.4, -0.2) is 35.1 Å². The Bertz CT molecular complexity index is 891.